The summed E-state index contributed by atoms with van der Waals surface area (Å²) < 4.78 is 11.2. The van der Waals surface area contributed by atoms with Crippen LogP contribution in [0.1, 0.15) is 43.4 Å². The van der Waals surface area contributed by atoms with Crippen LogP contribution in [0.3, 0.4) is 0 Å². The molecule has 1 amide bonds. The van der Waals surface area contributed by atoms with Crippen LogP contribution >= 0.6 is 0 Å². The number of nitrogens with zero attached hydrogens (tertiary/aromatic N) is 4. The average Bonchev–Trinajstić information content (AvgIpc) is 3.55. The van der Waals surface area contributed by atoms with Crippen molar-refractivity contribution in [2.24, 2.45) is 5.92 Å². The Morgan fingerprint density at radius 3 is 2.68 bits per heavy atom. The van der Waals surface area contributed by atoms with E-state index in [0.29, 0.717) is 43.5 Å². The lowest BCUT2D eigenvalue weighted by molar-refractivity contribution is -0.120. The van der Waals surface area contributed by atoms with Crippen LogP contribution in [0.4, 0.5) is 11.6 Å². The fraction of sp³-hybridized carbons (Fsp3) is 0.423. The highest BCUT2D eigenvalue weighted by Gasteiger charge is 2.29. The second kappa shape index (κ2) is 10.1. The Hall–Kier alpha value is -3.57. The number of nitrogens with one attached hydrogen (secondary N) is 1. The van der Waals surface area contributed by atoms with Gasteiger partial charge >= 0.3 is 0 Å². The molecule has 3 aromatic rings. The third kappa shape index (κ3) is 5.00. The predicted octanol–water partition coefficient (Wildman–Crippen LogP) is 4.65. The quantitative estimate of drug-likeness (QED) is 0.573. The number of hydrogen-bond donors (Lipinski definition) is 1. The SMILES string of the molecule is N#Cc1nc(-c2ccco2)oc1N1CCC(C(=O)Nc2cccc(CN3CCCCC3)c2)CC1. The van der Waals surface area contributed by atoms with E-state index in [4.69, 9.17) is 8.83 Å². The van der Waals surface area contributed by atoms with E-state index in [0.717, 1.165) is 25.3 Å². The van der Waals surface area contributed by atoms with Gasteiger partial charge in [0.05, 0.1) is 6.26 Å². The number of hydrogen-bond acceptors (Lipinski definition) is 7. The van der Waals surface area contributed by atoms with Gasteiger partial charge in [0.25, 0.3) is 5.89 Å². The molecule has 0 radical (unpaired) electrons. The van der Waals surface area contributed by atoms with E-state index in [1.165, 1.54) is 24.8 Å². The third-order valence-corrected chi connectivity index (χ3v) is 6.65. The number of furan rings is 1. The molecule has 0 spiro atoms. The number of oxazole rings is 1. The van der Waals surface area contributed by atoms with Crippen LogP contribution < -0.4 is 10.2 Å². The summed E-state index contributed by atoms with van der Waals surface area (Å²) in [4.78, 5) is 21.7. The second-order valence-corrected chi connectivity index (χ2v) is 9.05. The number of benzene rings is 1. The first-order valence-electron chi connectivity index (χ1n) is 12.0. The van der Waals surface area contributed by atoms with Crippen molar-refractivity contribution >= 4 is 17.5 Å². The smallest absolute Gasteiger partial charge is 0.266 e. The summed E-state index contributed by atoms with van der Waals surface area (Å²) >= 11 is 0. The van der Waals surface area contributed by atoms with Crippen molar-refractivity contribution < 1.29 is 13.6 Å². The van der Waals surface area contributed by atoms with E-state index < -0.39 is 0 Å². The normalized spacial score (nSPS) is 17.4. The summed E-state index contributed by atoms with van der Waals surface area (Å²) in [5.41, 5.74) is 2.32. The number of likely N-dealkylation sites (tertiary alicyclic amines) is 1. The summed E-state index contributed by atoms with van der Waals surface area (Å²) in [5.74, 6) is 1.18. The number of piperidine rings is 2. The average molecular weight is 460 g/mol. The molecule has 0 saturated carbocycles. The van der Waals surface area contributed by atoms with Gasteiger partial charge in [-0.15, -0.1) is 0 Å². The molecule has 1 aromatic carbocycles. The standard InChI is InChI=1S/C26H29N5O3/c27-17-22-26(34-25(29-22)23-8-5-15-33-23)31-13-9-20(10-14-31)24(32)28-21-7-4-6-19(16-21)18-30-11-2-1-3-12-30/h4-8,15-16,20H,1-3,9-14,18H2,(H,28,32). The van der Waals surface area contributed by atoms with Crippen LogP contribution in [0.5, 0.6) is 0 Å². The van der Waals surface area contributed by atoms with E-state index >= 15 is 0 Å². The minimum absolute atomic E-state index is 0.0455. The Kier molecular flexibility index (Phi) is 6.63. The lowest BCUT2D eigenvalue weighted by atomic mass is 9.95. The van der Waals surface area contributed by atoms with Crippen LogP contribution in [0.2, 0.25) is 0 Å². The van der Waals surface area contributed by atoms with Crippen molar-refractivity contribution in [1.29, 1.82) is 5.26 Å². The van der Waals surface area contributed by atoms with Crippen molar-refractivity contribution in [1.82, 2.24) is 9.88 Å². The third-order valence-electron chi connectivity index (χ3n) is 6.65. The van der Waals surface area contributed by atoms with Crippen molar-refractivity contribution in [2.45, 2.75) is 38.6 Å². The summed E-state index contributed by atoms with van der Waals surface area (Å²) in [5, 5.41) is 12.6. The van der Waals surface area contributed by atoms with Crippen LogP contribution in [-0.4, -0.2) is 42.0 Å². The Morgan fingerprint density at radius 2 is 1.94 bits per heavy atom. The lowest BCUT2D eigenvalue weighted by Crippen LogP contribution is -2.38. The van der Waals surface area contributed by atoms with Crippen molar-refractivity contribution in [2.75, 3.05) is 36.4 Å². The Labute approximate surface area is 199 Å². The van der Waals surface area contributed by atoms with Gasteiger partial charge < -0.3 is 19.1 Å². The van der Waals surface area contributed by atoms with Crippen molar-refractivity contribution in [3.63, 3.8) is 0 Å². The topological polar surface area (TPSA) is 98.5 Å². The van der Waals surface area contributed by atoms with E-state index in [-0.39, 0.29) is 17.5 Å². The highest BCUT2D eigenvalue weighted by Crippen LogP contribution is 2.31. The van der Waals surface area contributed by atoms with E-state index in [1.54, 1.807) is 18.4 Å². The zero-order valence-corrected chi connectivity index (χ0v) is 19.2. The fourth-order valence-electron chi connectivity index (χ4n) is 4.82. The first-order chi connectivity index (χ1) is 16.7. The van der Waals surface area contributed by atoms with Gasteiger partial charge in [-0.2, -0.15) is 10.2 Å². The molecule has 0 bridgehead atoms. The molecule has 1 N–H and O–H groups in total. The maximum Gasteiger partial charge on any atom is 0.266 e. The minimum Gasteiger partial charge on any atom is -0.459 e. The van der Waals surface area contributed by atoms with Crippen LogP contribution in [0.25, 0.3) is 11.7 Å². The Morgan fingerprint density at radius 1 is 1.12 bits per heavy atom. The number of anilines is 2. The van der Waals surface area contributed by atoms with Gasteiger partial charge in [-0.3, -0.25) is 9.69 Å². The number of aromatic nitrogens is 1. The lowest BCUT2D eigenvalue weighted by Gasteiger charge is -2.31. The molecule has 2 saturated heterocycles. The number of nitriles is 1. The highest BCUT2D eigenvalue weighted by atomic mass is 16.4. The monoisotopic (exact) mass is 459 g/mol. The molecule has 4 heterocycles. The van der Waals surface area contributed by atoms with Gasteiger partial charge in [0.2, 0.25) is 17.5 Å². The molecular formula is C26H29N5O3. The predicted molar refractivity (Wildman–Crippen MR) is 128 cm³/mol. The molecule has 2 aromatic heterocycles. The van der Waals surface area contributed by atoms with Gasteiger partial charge in [0.1, 0.15) is 6.07 Å². The molecule has 5 rings (SSSR count). The molecule has 2 aliphatic heterocycles. The number of carbonyl (C=O) groups is 1. The molecule has 8 nitrogen and oxygen atoms in total. The molecule has 2 fully saturated rings. The van der Waals surface area contributed by atoms with Gasteiger partial charge in [-0.1, -0.05) is 18.6 Å². The zero-order chi connectivity index (χ0) is 23.3. The fourth-order valence-corrected chi connectivity index (χ4v) is 4.82. The molecule has 2 aliphatic rings. The Balaban J connectivity index is 1.18. The van der Waals surface area contributed by atoms with Gasteiger partial charge in [-0.25, -0.2) is 0 Å². The summed E-state index contributed by atoms with van der Waals surface area (Å²) in [6.45, 7) is 4.47. The van der Waals surface area contributed by atoms with Crippen LogP contribution in [0.15, 0.2) is 51.5 Å². The zero-order valence-electron chi connectivity index (χ0n) is 19.2. The largest absolute Gasteiger partial charge is 0.459 e. The summed E-state index contributed by atoms with van der Waals surface area (Å²) in [6, 6.07) is 13.8. The van der Waals surface area contributed by atoms with Crippen molar-refractivity contribution in [3.05, 3.63) is 53.9 Å². The number of rotatable bonds is 6. The second-order valence-electron chi connectivity index (χ2n) is 9.05. The number of carbonyl (C=O) groups excluding carboxylic acids is 1. The van der Waals surface area contributed by atoms with Crippen LogP contribution in [-0.2, 0) is 11.3 Å². The molecule has 8 heteroatoms. The first-order valence-corrected chi connectivity index (χ1v) is 12.0. The maximum atomic E-state index is 13.0. The van der Waals surface area contributed by atoms with Crippen LogP contribution in [0, 0.1) is 17.2 Å². The maximum absolute atomic E-state index is 13.0. The van der Waals surface area contributed by atoms with Gasteiger partial charge in [0, 0.05) is 31.2 Å². The number of amides is 1. The first kappa shape index (κ1) is 22.2. The Bertz CT molecular complexity index is 1150. The summed E-state index contributed by atoms with van der Waals surface area (Å²) in [6.07, 6.45) is 6.76. The summed E-state index contributed by atoms with van der Waals surface area (Å²) in [7, 11) is 0. The molecular weight excluding hydrogens is 430 g/mol. The molecule has 34 heavy (non-hydrogen) atoms. The van der Waals surface area contributed by atoms with E-state index in [2.05, 4.69) is 33.4 Å². The van der Waals surface area contributed by atoms with E-state index in [9.17, 15) is 10.1 Å². The molecule has 0 aliphatic carbocycles. The van der Waals surface area contributed by atoms with Gasteiger partial charge in [0.15, 0.2) is 5.76 Å². The van der Waals surface area contributed by atoms with E-state index in [1.807, 2.05) is 17.0 Å². The molecule has 0 atom stereocenters. The van der Waals surface area contributed by atoms with Gasteiger partial charge in [-0.05, 0) is 68.6 Å². The minimum atomic E-state index is -0.0833. The molecule has 0 unspecified atom stereocenters. The molecule has 176 valence electrons. The highest BCUT2D eigenvalue weighted by molar-refractivity contribution is 5.92. The van der Waals surface area contributed by atoms with Crippen molar-refractivity contribution in [3.8, 4) is 17.7 Å².